The molecule has 2 aromatic rings. The number of amides is 1. The lowest BCUT2D eigenvalue weighted by Gasteiger charge is -2.18. The van der Waals surface area contributed by atoms with Gasteiger partial charge in [0.05, 0.1) is 11.8 Å². The van der Waals surface area contributed by atoms with E-state index in [9.17, 15) is 9.59 Å². The predicted octanol–water partition coefficient (Wildman–Crippen LogP) is 3.47. The molecule has 0 aliphatic heterocycles. The van der Waals surface area contributed by atoms with Gasteiger partial charge in [0, 0.05) is 11.8 Å². The SMILES string of the molecule is CCCc1cc(=O)[nH]c(SCC(=O)NC(CCC)c2ccccc2)n1. The summed E-state index contributed by atoms with van der Waals surface area (Å²) in [5, 5.41) is 3.58. The molecular weight excluding hydrogens is 334 g/mol. The smallest absolute Gasteiger partial charge is 0.251 e. The van der Waals surface area contributed by atoms with Crippen LogP contribution in [0.25, 0.3) is 0 Å². The fourth-order valence-electron chi connectivity index (χ4n) is 2.60. The molecule has 1 aromatic carbocycles. The van der Waals surface area contributed by atoms with E-state index in [4.69, 9.17) is 0 Å². The molecule has 134 valence electrons. The highest BCUT2D eigenvalue weighted by Gasteiger charge is 2.14. The zero-order valence-electron chi connectivity index (χ0n) is 14.7. The van der Waals surface area contributed by atoms with Crippen LogP contribution in [0.1, 0.15) is 50.4 Å². The third-order valence-electron chi connectivity index (χ3n) is 3.73. The van der Waals surface area contributed by atoms with Crippen LogP contribution in [0, 0.1) is 0 Å². The van der Waals surface area contributed by atoms with E-state index in [2.05, 4.69) is 22.2 Å². The molecule has 6 heteroatoms. The summed E-state index contributed by atoms with van der Waals surface area (Å²) < 4.78 is 0. The summed E-state index contributed by atoms with van der Waals surface area (Å²) in [5.74, 6) is 0.168. The van der Waals surface area contributed by atoms with Crippen LogP contribution in [0.3, 0.4) is 0 Å². The molecule has 0 radical (unpaired) electrons. The van der Waals surface area contributed by atoms with Crippen molar-refractivity contribution in [3.8, 4) is 0 Å². The minimum Gasteiger partial charge on any atom is -0.349 e. The lowest BCUT2D eigenvalue weighted by Crippen LogP contribution is -2.30. The highest BCUT2D eigenvalue weighted by atomic mass is 32.2. The fraction of sp³-hybridized carbons (Fsp3) is 0.421. The Morgan fingerprint density at radius 2 is 2.00 bits per heavy atom. The maximum atomic E-state index is 12.3. The second-order valence-electron chi connectivity index (χ2n) is 5.90. The molecule has 0 aliphatic rings. The molecule has 5 nitrogen and oxygen atoms in total. The molecule has 0 aliphatic carbocycles. The molecule has 2 rings (SSSR count). The number of hydrogen-bond donors (Lipinski definition) is 2. The van der Waals surface area contributed by atoms with Gasteiger partial charge in [-0.05, 0) is 18.4 Å². The van der Waals surface area contributed by atoms with Gasteiger partial charge in [0.15, 0.2) is 5.16 Å². The molecular formula is C19H25N3O2S. The maximum Gasteiger partial charge on any atom is 0.251 e. The van der Waals surface area contributed by atoms with Crippen LogP contribution in [0.2, 0.25) is 0 Å². The first-order valence-electron chi connectivity index (χ1n) is 8.69. The first-order chi connectivity index (χ1) is 12.1. The molecule has 1 unspecified atom stereocenters. The number of benzene rings is 1. The molecule has 0 bridgehead atoms. The Hall–Kier alpha value is -2.08. The van der Waals surface area contributed by atoms with E-state index in [1.807, 2.05) is 37.3 Å². The Kier molecular flexibility index (Phi) is 7.73. The number of carbonyl (C=O) groups is 1. The second-order valence-corrected chi connectivity index (χ2v) is 6.86. The predicted molar refractivity (Wildman–Crippen MR) is 102 cm³/mol. The van der Waals surface area contributed by atoms with Crippen molar-refractivity contribution in [2.75, 3.05) is 5.75 Å². The second kappa shape index (κ2) is 10.0. The van der Waals surface area contributed by atoms with E-state index in [0.717, 1.165) is 36.9 Å². The average molecular weight is 359 g/mol. The number of nitrogens with one attached hydrogen (secondary N) is 2. The zero-order chi connectivity index (χ0) is 18.1. The van der Waals surface area contributed by atoms with Gasteiger partial charge in [-0.15, -0.1) is 0 Å². The summed E-state index contributed by atoms with van der Waals surface area (Å²) in [5.41, 5.74) is 1.70. The van der Waals surface area contributed by atoms with Gasteiger partial charge in [-0.1, -0.05) is 68.8 Å². The third kappa shape index (κ3) is 6.38. The van der Waals surface area contributed by atoms with Crippen molar-refractivity contribution < 1.29 is 4.79 Å². The lowest BCUT2D eigenvalue weighted by molar-refractivity contribution is -0.119. The van der Waals surface area contributed by atoms with Gasteiger partial charge >= 0.3 is 0 Å². The molecule has 1 atom stereocenters. The molecule has 0 saturated carbocycles. The summed E-state index contributed by atoms with van der Waals surface area (Å²) in [6.45, 7) is 4.14. The summed E-state index contributed by atoms with van der Waals surface area (Å²) in [6, 6.07) is 11.5. The Morgan fingerprint density at radius 1 is 1.24 bits per heavy atom. The minimum absolute atomic E-state index is 0.0118. The van der Waals surface area contributed by atoms with Gasteiger partial charge in [-0.3, -0.25) is 9.59 Å². The van der Waals surface area contributed by atoms with Gasteiger partial charge in [-0.25, -0.2) is 4.98 Å². The minimum atomic E-state index is -0.172. The number of aryl methyl sites for hydroxylation is 1. The normalized spacial score (nSPS) is 11.9. The Bertz CT molecular complexity index is 731. The number of thioether (sulfide) groups is 1. The summed E-state index contributed by atoms with van der Waals surface area (Å²) in [7, 11) is 0. The molecule has 2 N–H and O–H groups in total. The Labute approximate surface area is 152 Å². The topological polar surface area (TPSA) is 74.8 Å². The number of carbonyl (C=O) groups excluding carboxylic acids is 1. The number of nitrogens with zero attached hydrogens (tertiary/aromatic N) is 1. The number of H-pyrrole nitrogens is 1. The summed E-state index contributed by atoms with van der Waals surface area (Å²) in [6.07, 6.45) is 3.56. The van der Waals surface area contributed by atoms with Crippen LogP contribution in [0.15, 0.2) is 46.3 Å². The van der Waals surface area contributed by atoms with E-state index in [-0.39, 0.29) is 23.3 Å². The number of hydrogen-bond acceptors (Lipinski definition) is 4. The average Bonchev–Trinajstić information content (AvgIpc) is 2.60. The monoisotopic (exact) mass is 359 g/mol. The summed E-state index contributed by atoms with van der Waals surface area (Å²) in [4.78, 5) is 31.1. The van der Waals surface area contributed by atoms with Crippen molar-refractivity contribution in [1.29, 1.82) is 0 Å². The van der Waals surface area contributed by atoms with Crippen molar-refractivity contribution in [1.82, 2.24) is 15.3 Å². The lowest BCUT2D eigenvalue weighted by atomic mass is 10.0. The number of aromatic nitrogens is 2. The van der Waals surface area contributed by atoms with E-state index in [0.29, 0.717) is 5.16 Å². The van der Waals surface area contributed by atoms with Crippen molar-refractivity contribution in [3.05, 3.63) is 58.0 Å². The van der Waals surface area contributed by atoms with Gasteiger partial charge in [0.2, 0.25) is 5.91 Å². The van der Waals surface area contributed by atoms with E-state index >= 15 is 0 Å². The van der Waals surface area contributed by atoms with Crippen LogP contribution in [-0.4, -0.2) is 21.6 Å². The van der Waals surface area contributed by atoms with E-state index in [1.54, 1.807) is 0 Å². The van der Waals surface area contributed by atoms with Crippen LogP contribution in [-0.2, 0) is 11.2 Å². The van der Waals surface area contributed by atoms with Gasteiger partial charge in [-0.2, -0.15) is 0 Å². The van der Waals surface area contributed by atoms with Crippen LogP contribution in [0.5, 0.6) is 0 Å². The first-order valence-corrected chi connectivity index (χ1v) is 9.68. The Balaban J connectivity index is 1.96. The molecule has 0 spiro atoms. The van der Waals surface area contributed by atoms with Gasteiger partial charge < -0.3 is 10.3 Å². The molecule has 1 heterocycles. The quantitative estimate of drug-likeness (QED) is 0.531. The van der Waals surface area contributed by atoms with Gasteiger partial charge in [0.1, 0.15) is 0 Å². The Morgan fingerprint density at radius 3 is 2.68 bits per heavy atom. The van der Waals surface area contributed by atoms with E-state index < -0.39 is 0 Å². The van der Waals surface area contributed by atoms with Crippen molar-refractivity contribution in [3.63, 3.8) is 0 Å². The summed E-state index contributed by atoms with van der Waals surface area (Å²) >= 11 is 1.26. The molecule has 25 heavy (non-hydrogen) atoms. The highest BCUT2D eigenvalue weighted by Crippen LogP contribution is 2.19. The van der Waals surface area contributed by atoms with Crippen molar-refractivity contribution >= 4 is 17.7 Å². The van der Waals surface area contributed by atoms with Crippen molar-refractivity contribution in [2.45, 2.75) is 50.7 Å². The fourth-order valence-corrected chi connectivity index (χ4v) is 3.31. The number of rotatable bonds is 9. The molecule has 0 saturated heterocycles. The van der Waals surface area contributed by atoms with Crippen LogP contribution < -0.4 is 10.9 Å². The van der Waals surface area contributed by atoms with Crippen LogP contribution >= 0.6 is 11.8 Å². The van der Waals surface area contributed by atoms with Gasteiger partial charge in [0.25, 0.3) is 5.56 Å². The van der Waals surface area contributed by atoms with Crippen LogP contribution in [0.4, 0.5) is 0 Å². The zero-order valence-corrected chi connectivity index (χ0v) is 15.6. The third-order valence-corrected chi connectivity index (χ3v) is 4.61. The number of aromatic amines is 1. The highest BCUT2D eigenvalue weighted by molar-refractivity contribution is 7.99. The molecule has 1 amide bonds. The largest absolute Gasteiger partial charge is 0.349 e. The molecule has 0 fully saturated rings. The first kappa shape index (κ1) is 19.2. The maximum absolute atomic E-state index is 12.3. The van der Waals surface area contributed by atoms with E-state index in [1.165, 1.54) is 17.8 Å². The van der Waals surface area contributed by atoms with Crippen molar-refractivity contribution in [2.24, 2.45) is 0 Å². The standard InChI is InChI=1S/C19H25N3O2S/c1-3-8-15-12-17(23)22-19(20-15)25-13-18(24)21-16(9-4-2)14-10-6-5-7-11-14/h5-7,10-12,16H,3-4,8-9,13H2,1-2H3,(H,21,24)(H,20,22,23). The molecule has 1 aromatic heterocycles.